The zero-order valence-electron chi connectivity index (χ0n) is 16.3. The van der Waals surface area contributed by atoms with Gasteiger partial charge in [-0.15, -0.1) is 0 Å². The van der Waals surface area contributed by atoms with Crippen LogP contribution < -0.4 is 10.0 Å². The van der Waals surface area contributed by atoms with Gasteiger partial charge in [-0.25, -0.2) is 8.42 Å². The lowest BCUT2D eigenvalue weighted by molar-refractivity contribution is 0.0952. The molecule has 0 aliphatic heterocycles. The van der Waals surface area contributed by atoms with E-state index in [9.17, 15) is 13.2 Å². The molecule has 4 aromatic rings. The minimum atomic E-state index is -4.04. The van der Waals surface area contributed by atoms with Gasteiger partial charge < -0.3 is 5.32 Å². The van der Waals surface area contributed by atoms with Crippen LogP contribution in [-0.4, -0.2) is 23.1 Å². The summed E-state index contributed by atoms with van der Waals surface area (Å²) in [5.74, 6) is -0.425. The molecule has 4 rings (SSSR count). The largest absolute Gasteiger partial charge is 0.348 e. The molecule has 0 bridgehead atoms. The van der Waals surface area contributed by atoms with E-state index in [1.54, 1.807) is 12.1 Å². The minimum absolute atomic E-state index is 0.0232. The number of anilines is 1. The highest BCUT2D eigenvalue weighted by atomic mass is 35.5. The van der Waals surface area contributed by atoms with Crippen LogP contribution in [0.3, 0.4) is 0 Å². The fraction of sp³-hybridized carbons (Fsp3) is 0.0952. The molecule has 10 heteroatoms. The van der Waals surface area contributed by atoms with Gasteiger partial charge in [0.15, 0.2) is 0 Å². The number of rotatable bonds is 6. The Morgan fingerprint density at radius 3 is 2.68 bits per heavy atom. The lowest BCUT2D eigenvalue weighted by Crippen LogP contribution is -2.25. The van der Waals surface area contributed by atoms with Crippen molar-refractivity contribution in [2.75, 3.05) is 4.72 Å². The van der Waals surface area contributed by atoms with Crippen LogP contribution in [-0.2, 0) is 16.6 Å². The number of fused-ring (bicyclic) bond motifs is 1. The predicted octanol–water partition coefficient (Wildman–Crippen LogP) is 4.38. The van der Waals surface area contributed by atoms with Gasteiger partial charge in [0.25, 0.3) is 15.9 Å². The predicted molar refractivity (Wildman–Crippen MR) is 122 cm³/mol. The number of hydrogen-bond acceptors (Lipinski definition) is 6. The topological polar surface area (TPSA) is 101 Å². The molecule has 0 unspecified atom stereocenters. The first kappa shape index (κ1) is 21.2. The van der Waals surface area contributed by atoms with Gasteiger partial charge in [0.1, 0.15) is 15.9 Å². The number of aromatic nitrogens is 2. The van der Waals surface area contributed by atoms with Crippen LogP contribution in [0.25, 0.3) is 11.0 Å². The zero-order valence-corrected chi connectivity index (χ0v) is 18.7. The highest BCUT2D eigenvalue weighted by Crippen LogP contribution is 2.27. The van der Waals surface area contributed by atoms with Crippen LogP contribution >= 0.6 is 23.3 Å². The molecule has 1 amide bonds. The van der Waals surface area contributed by atoms with E-state index in [2.05, 4.69) is 18.8 Å². The van der Waals surface area contributed by atoms with Gasteiger partial charge in [-0.3, -0.25) is 9.52 Å². The first-order valence-corrected chi connectivity index (χ1v) is 11.8. The van der Waals surface area contributed by atoms with Crippen molar-refractivity contribution >= 4 is 56.0 Å². The number of benzene rings is 3. The number of carbonyl (C=O) groups is 1. The average molecular weight is 473 g/mol. The van der Waals surface area contributed by atoms with E-state index in [0.29, 0.717) is 17.1 Å². The Hall–Kier alpha value is -3.01. The lowest BCUT2D eigenvalue weighted by Gasteiger charge is -2.14. The Morgan fingerprint density at radius 1 is 1.06 bits per heavy atom. The third-order valence-electron chi connectivity index (χ3n) is 4.71. The van der Waals surface area contributed by atoms with Crippen molar-refractivity contribution in [2.45, 2.75) is 18.4 Å². The van der Waals surface area contributed by atoms with Crippen molar-refractivity contribution in [3.63, 3.8) is 0 Å². The van der Waals surface area contributed by atoms with E-state index in [4.69, 9.17) is 11.6 Å². The second-order valence-corrected chi connectivity index (χ2v) is 9.41. The van der Waals surface area contributed by atoms with E-state index >= 15 is 0 Å². The summed E-state index contributed by atoms with van der Waals surface area (Å²) in [5, 5.41) is 3.12. The molecular weight excluding hydrogens is 456 g/mol. The summed E-state index contributed by atoms with van der Waals surface area (Å²) >= 11 is 7.01. The maximum atomic E-state index is 13.1. The molecule has 0 saturated heterocycles. The van der Waals surface area contributed by atoms with E-state index < -0.39 is 15.9 Å². The van der Waals surface area contributed by atoms with Gasteiger partial charge in [0.05, 0.1) is 23.0 Å². The molecule has 0 saturated carbocycles. The lowest BCUT2D eigenvalue weighted by atomic mass is 10.1. The number of nitrogens with one attached hydrogen (secondary N) is 2. The van der Waals surface area contributed by atoms with Gasteiger partial charge in [-0.2, -0.15) is 8.75 Å². The third-order valence-corrected chi connectivity index (χ3v) is 6.88. The quantitative estimate of drug-likeness (QED) is 0.433. The highest BCUT2D eigenvalue weighted by molar-refractivity contribution is 7.93. The molecule has 0 aliphatic rings. The summed E-state index contributed by atoms with van der Waals surface area (Å²) in [6.07, 6.45) is 0. The molecule has 2 N–H and O–H groups in total. The van der Waals surface area contributed by atoms with Gasteiger partial charge >= 0.3 is 0 Å². The molecule has 0 spiro atoms. The SMILES string of the molecule is Cc1ccccc1CNC(=O)c1ccc(Cl)cc1NS(=O)(=O)c1cccc2nsnc12. The zero-order chi connectivity index (χ0) is 22.0. The van der Waals surface area contributed by atoms with Crippen molar-refractivity contribution in [3.05, 3.63) is 82.4 Å². The summed E-state index contributed by atoms with van der Waals surface area (Å²) in [7, 11) is -4.04. The molecular formula is C21H17ClN4O3S2. The van der Waals surface area contributed by atoms with Crippen molar-refractivity contribution in [3.8, 4) is 0 Å². The van der Waals surface area contributed by atoms with Crippen molar-refractivity contribution in [1.29, 1.82) is 0 Å². The van der Waals surface area contributed by atoms with Gasteiger partial charge in [-0.1, -0.05) is 41.9 Å². The standard InChI is InChI=1S/C21H17ClN4O3S2/c1-13-5-2-3-6-14(13)12-23-21(27)16-10-9-15(22)11-18(16)26-31(28,29)19-8-4-7-17-20(19)25-30-24-17/h2-11,26H,12H2,1H3,(H,23,27). The maximum absolute atomic E-state index is 13.1. The molecule has 158 valence electrons. The van der Waals surface area contributed by atoms with E-state index in [1.807, 2.05) is 31.2 Å². The number of amides is 1. The fourth-order valence-corrected chi connectivity index (χ4v) is 5.09. The Kier molecular flexibility index (Phi) is 5.90. The Bertz CT molecular complexity index is 1390. The summed E-state index contributed by atoms with van der Waals surface area (Å²) in [4.78, 5) is 12.8. The third kappa shape index (κ3) is 4.53. The highest BCUT2D eigenvalue weighted by Gasteiger charge is 2.22. The molecule has 0 fully saturated rings. The smallest absolute Gasteiger partial charge is 0.264 e. The van der Waals surface area contributed by atoms with E-state index in [1.165, 1.54) is 24.3 Å². The molecule has 0 radical (unpaired) electrons. The number of carbonyl (C=O) groups excluding carboxylic acids is 1. The van der Waals surface area contributed by atoms with Crippen molar-refractivity contribution in [2.24, 2.45) is 0 Å². The van der Waals surface area contributed by atoms with Crippen LogP contribution in [0.2, 0.25) is 5.02 Å². The monoisotopic (exact) mass is 472 g/mol. The van der Waals surface area contributed by atoms with Gasteiger partial charge in [0.2, 0.25) is 0 Å². The normalized spacial score (nSPS) is 11.4. The number of halogens is 1. The first-order valence-electron chi connectivity index (χ1n) is 9.21. The van der Waals surface area contributed by atoms with Crippen molar-refractivity contribution < 1.29 is 13.2 Å². The summed E-state index contributed by atoms with van der Waals surface area (Å²) in [5.41, 5.74) is 3.00. The molecule has 3 aromatic carbocycles. The van der Waals surface area contributed by atoms with Crippen LogP contribution in [0.5, 0.6) is 0 Å². The fourth-order valence-electron chi connectivity index (χ4n) is 3.08. The molecule has 31 heavy (non-hydrogen) atoms. The average Bonchev–Trinajstić information content (AvgIpc) is 3.21. The number of sulfonamides is 1. The van der Waals surface area contributed by atoms with Crippen LogP contribution in [0.1, 0.15) is 21.5 Å². The summed E-state index contributed by atoms with van der Waals surface area (Å²) in [6, 6.07) is 16.8. The van der Waals surface area contributed by atoms with Gasteiger partial charge in [0, 0.05) is 11.6 Å². The Labute approximate surface area is 188 Å². The van der Waals surface area contributed by atoms with E-state index in [0.717, 1.165) is 22.9 Å². The number of aryl methyl sites for hydroxylation is 1. The summed E-state index contributed by atoms with van der Waals surface area (Å²) in [6.45, 7) is 2.27. The van der Waals surface area contributed by atoms with Crippen LogP contribution in [0.15, 0.2) is 65.6 Å². The number of nitrogens with zero attached hydrogens (tertiary/aromatic N) is 2. The molecule has 0 aliphatic carbocycles. The van der Waals surface area contributed by atoms with Crippen LogP contribution in [0, 0.1) is 6.92 Å². The van der Waals surface area contributed by atoms with Crippen molar-refractivity contribution in [1.82, 2.24) is 14.1 Å². The maximum Gasteiger partial charge on any atom is 0.264 e. The number of hydrogen-bond donors (Lipinski definition) is 2. The molecule has 1 aromatic heterocycles. The summed E-state index contributed by atoms with van der Waals surface area (Å²) < 4.78 is 36.8. The Balaban J connectivity index is 1.63. The van der Waals surface area contributed by atoms with Crippen LogP contribution in [0.4, 0.5) is 5.69 Å². The minimum Gasteiger partial charge on any atom is -0.348 e. The first-order chi connectivity index (χ1) is 14.8. The molecule has 0 atom stereocenters. The molecule has 7 nitrogen and oxygen atoms in total. The second-order valence-electron chi connectivity index (χ2n) is 6.79. The van der Waals surface area contributed by atoms with E-state index in [-0.39, 0.29) is 21.7 Å². The van der Waals surface area contributed by atoms with Gasteiger partial charge in [-0.05, 0) is 48.4 Å². The second kappa shape index (κ2) is 8.62. The Morgan fingerprint density at radius 2 is 1.87 bits per heavy atom. The molecule has 1 heterocycles.